The monoisotopic (exact) mass is 651 g/mol. The Morgan fingerprint density at radius 3 is 1.17 bits per heavy atom. The molecular weight excluding hydrogens is 584 g/mol. The zero-order chi connectivity index (χ0) is 32.5. The van der Waals surface area contributed by atoms with Gasteiger partial charge < -0.3 is 4.74 Å². The van der Waals surface area contributed by atoms with Crippen LogP contribution in [0.4, 0.5) is 17.6 Å². The molecule has 264 valence electrons. The third kappa shape index (κ3) is 21.2. The third-order valence-corrected chi connectivity index (χ3v) is 7.71. The van der Waals surface area contributed by atoms with Crippen molar-refractivity contribution >= 4 is 0 Å². The molecule has 2 aliphatic rings. The molecule has 2 unspecified atom stereocenters. The summed E-state index contributed by atoms with van der Waals surface area (Å²) >= 11 is 0. The van der Waals surface area contributed by atoms with E-state index in [9.17, 15) is 17.6 Å². The molecule has 0 spiro atoms. The standard InChI is InChI=1S/C8H9F.C8H16.C8H10.C7H5F3.C7H14O.3CH4/c1-6-3-4-7(2)8(9)5-6;2*1-7-3-5-8(2)6-4-7;1-4-2-5(8)7(10)6(9)3-4;1-6-3-4-7(2)8-5-6;;;/h3-5H,1-2H3;7-8H,3-6H2,1-2H3;3-6H,1-2H3;2-3H,1H3;6-7H,3-5H2,1-2H3;3*1H4. The van der Waals surface area contributed by atoms with Crippen molar-refractivity contribution in [2.24, 2.45) is 17.8 Å². The molecular formula is C41H66F4O. The lowest BCUT2D eigenvalue weighted by molar-refractivity contribution is 0.000266. The van der Waals surface area contributed by atoms with Crippen LogP contribution in [0, 0.1) is 75.6 Å². The summed E-state index contributed by atoms with van der Waals surface area (Å²) in [5, 5.41) is 0. The normalized spacial score (nSPS) is 19.5. The molecule has 0 N–H and O–H groups in total. The molecule has 0 bridgehead atoms. The van der Waals surface area contributed by atoms with Crippen LogP contribution in [0.2, 0.25) is 0 Å². The first-order valence-electron chi connectivity index (χ1n) is 15.7. The minimum absolute atomic E-state index is 0. The van der Waals surface area contributed by atoms with E-state index in [4.69, 9.17) is 4.74 Å². The molecule has 2 atom stereocenters. The number of hydrogen-bond donors (Lipinski definition) is 0. The first-order chi connectivity index (χ1) is 20.2. The van der Waals surface area contributed by atoms with Crippen LogP contribution in [-0.4, -0.2) is 12.7 Å². The second-order valence-corrected chi connectivity index (χ2v) is 12.6. The van der Waals surface area contributed by atoms with Gasteiger partial charge in [-0.05, 0) is 107 Å². The summed E-state index contributed by atoms with van der Waals surface area (Å²) in [4.78, 5) is 0. The van der Waals surface area contributed by atoms with Crippen molar-refractivity contribution in [3.8, 4) is 0 Å². The number of rotatable bonds is 0. The van der Waals surface area contributed by atoms with Gasteiger partial charge in [0.2, 0.25) is 0 Å². The highest BCUT2D eigenvalue weighted by atomic mass is 19.2. The zero-order valence-electron chi connectivity index (χ0n) is 27.9. The van der Waals surface area contributed by atoms with Gasteiger partial charge in [-0.25, -0.2) is 17.6 Å². The molecule has 1 nitrogen and oxygen atoms in total. The van der Waals surface area contributed by atoms with E-state index in [0.29, 0.717) is 17.2 Å². The summed E-state index contributed by atoms with van der Waals surface area (Å²) in [5.41, 5.74) is 4.71. The minimum atomic E-state index is -1.41. The van der Waals surface area contributed by atoms with Gasteiger partial charge in [0.05, 0.1) is 6.10 Å². The Bertz CT molecular complexity index is 1090. The fourth-order valence-corrected chi connectivity index (χ4v) is 4.46. The molecule has 0 amide bonds. The SMILES string of the molecule is C.C.C.CC1CCC(C)CC1.CC1CCC(C)OC1.Cc1cc(F)c(F)c(F)c1.Cc1ccc(C)c(F)c1.Cc1ccc(C)cc1. The van der Waals surface area contributed by atoms with Crippen molar-refractivity contribution < 1.29 is 22.3 Å². The maximum Gasteiger partial charge on any atom is 0.194 e. The molecule has 1 saturated heterocycles. The van der Waals surface area contributed by atoms with Crippen LogP contribution >= 0.6 is 0 Å². The molecule has 2 fully saturated rings. The Morgan fingerprint density at radius 2 is 0.848 bits per heavy atom. The summed E-state index contributed by atoms with van der Waals surface area (Å²) in [5.74, 6) is -0.973. The Kier molecular flexibility index (Phi) is 26.4. The summed E-state index contributed by atoms with van der Waals surface area (Å²) in [6, 6.07) is 15.6. The summed E-state index contributed by atoms with van der Waals surface area (Å²) < 4.78 is 54.6. The minimum Gasteiger partial charge on any atom is -0.378 e. The summed E-state index contributed by atoms with van der Waals surface area (Å²) in [6.07, 6.45) is 9.01. The molecule has 1 heterocycles. The maximum absolute atomic E-state index is 12.6. The van der Waals surface area contributed by atoms with Crippen LogP contribution < -0.4 is 0 Å². The van der Waals surface area contributed by atoms with Gasteiger partial charge in [0.25, 0.3) is 0 Å². The average molecular weight is 651 g/mol. The fourth-order valence-electron chi connectivity index (χ4n) is 4.46. The van der Waals surface area contributed by atoms with Crippen LogP contribution in [0.25, 0.3) is 0 Å². The van der Waals surface area contributed by atoms with Crippen molar-refractivity contribution in [3.05, 3.63) is 106 Å². The molecule has 0 aromatic heterocycles. The van der Waals surface area contributed by atoms with Gasteiger partial charge in [-0.1, -0.05) is 116 Å². The van der Waals surface area contributed by atoms with Crippen LogP contribution in [0.15, 0.2) is 54.6 Å². The Labute approximate surface area is 281 Å². The van der Waals surface area contributed by atoms with Gasteiger partial charge in [0.1, 0.15) is 5.82 Å². The van der Waals surface area contributed by atoms with Gasteiger partial charge in [0.15, 0.2) is 17.5 Å². The predicted octanol–water partition coefficient (Wildman–Crippen LogP) is 13.7. The van der Waals surface area contributed by atoms with Crippen molar-refractivity contribution in [2.75, 3.05) is 6.61 Å². The highest BCUT2D eigenvalue weighted by molar-refractivity contribution is 5.22. The smallest absolute Gasteiger partial charge is 0.194 e. The molecule has 0 radical (unpaired) electrons. The maximum atomic E-state index is 12.6. The Balaban J connectivity index is -0.000000496. The van der Waals surface area contributed by atoms with Crippen molar-refractivity contribution in [3.63, 3.8) is 0 Å². The topological polar surface area (TPSA) is 9.23 Å². The fraction of sp³-hybridized carbons (Fsp3) is 0.561. The van der Waals surface area contributed by atoms with E-state index in [-0.39, 0.29) is 28.1 Å². The van der Waals surface area contributed by atoms with Crippen molar-refractivity contribution in [1.82, 2.24) is 0 Å². The zero-order valence-corrected chi connectivity index (χ0v) is 27.9. The van der Waals surface area contributed by atoms with Crippen molar-refractivity contribution in [1.29, 1.82) is 0 Å². The number of halogens is 4. The quantitative estimate of drug-likeness (QED) is 0.174. The summed E-state index contributed by atoms with van der Waals surface area (Å²) in [7, 11) is 0. The van der Waals surface area contributed by atoms with Crippen molar-refractivity contribution in [2.45, 2.75) is 129 Å². The van der Waals surface area contributed by atoms with Gasteiger partial charge in [0, 0.05) is 6.61 Å². The molecule has 1 aliphatic carbocycles. The number of benzene rings is 3. The van der Waals surface area contributed by atoms with E-state index in [2.05, 4.69) is 65.8 Å². The number of aryl methyl sites for hydroxylation is 5. The first kappa shape index (κ1) is 47.7. The van der Waals surface area contributed by atoms with E-state index in [1.807, 2.05) is 13.0 Å². The highest BCUT2D eigenvalue weighted by Gasteiger charge is 2.14. The second kappa shape index (κ2) is 25.4. The molecule has 3 aromatic carbocycles. The van der Waals surface area contributed by atoms with E-state index >= 15 is 0 Å². The Morgan fingerprint density at radius 1 is 0.478 bits per heavy atom. The lowest BCUT2D eigenvalue weighted by Crippen LogP contribution is -2.21. The lowest BCUT2D eigenvalue weighted by atomic mass is 9.84. The van der Waals surface area contributed by atoms with E-state index in [1.54, 1.807) is 13.0 Å². The Hall–Kier alpha value is -2.66. The first-order valence-corrected chi connectivity index (χ1v) is 15.7. The largest absolute Gasteiger partial charge is 0.378 e. The molecule has 1 aliphatic heterocycles. The molecule has 1 saturated carbocycles. The van der Waals surface area contributed by atoms with Gasteiger partial charge in [-0.15, -0.1) is 0 Å². The van der Waals surface area contributed by atoms with Crippen LogP contribution in [-0.2, 0) is 4.74 Å². The van der Waals surface area contributed by atoms with E-state index < -0.39 is 17.5 Å². The van der Waals surface area contributed by atoms with Gasteiger partial charge >= 0.3 is 0 Å². The lowest BCUT2D eigenvalue weighted by Gasteiger charge is -2.23. The third-order valence-electron chi connectivity index (χ3n) is 7.71. The van der Waals surface area contributed by atoms with Crippen LogP contribution in [0.5, 0.6) is 0 Å². The molecule has 5 rings (SSSR count). The van der Waals surface area contributed by atoms with E-state index in [0.717, 1.165) is 42.1 Å². The predicted molar refractivity (Wildman–Crippen MR) is 194 cm³/mol. The van der Waals surface area contributed by atoms with E-state index in [1.165, 1.54) is 62.6 Å². The van der Waals surface area contributed by atoms with Crippen LogP contribution in [0.3, 0.4) is 0 Å². The van der Waals surface area contributed by atoms with Crippen LogP contribution in [0.1, 0.15) is 116 Å². The molecule has 3 aromatic rings. The summed E-state index contributed by atoms with van der Waals surface area (Å²) in [6.45, 7) is 19.4. The highest BCUT2D eigenvalue weighted by Crippen LogP contribution is 2.27. The second-order valence-electron chi connectivity index (χ2n) is 12.6. The molecule has 5 heteroatoms. The van der Waals surface area contributed by atoms with Gasteiger partial charge in [-0.2, -0.15) is 0 Å². The average Bonchev–Trinajstić information content (AvgIpc) is 2.96. The van der Waals surface area contributed by atoms with Gasteiger partial charge in [-0.3, -0.25) is 0 Å². The molecule has 46 heavy (non-hydrogen) atoms. The number of ether oxygens (including phenoxy) is 1. The number of hydrogen-bond acceptors (Lipinski definition) is 1.